The Labute approximate surface area is 106 Å². The lowest BCUT2D eigenvalue weighted by Crippen LogP contribution is -2.46. The first-order valence-electron chi connectivity index (χ1n) is 5.41. The predicted molar refractivity (Wildman–Crippen MR) is 65.6 cm³/mol. The Balaban J connectivity index is 2.50. The molecule has 1 aliphatic carbocycles. The fraction of sp³-hybridized carbons (Fsp3) is 0.909. The number of halogens is 2. The van der Waals surface area contributed by atoms with E-state index < -0.39 is 15.3 Å². The third kappa shape index (κ3) is 2.47. The van der Waals surface area contributed by atoms with E-state index in [1.165, 1.54) is 0 Å². The maximum absolute atomic E-state index is 11.8. The van der Waals surface area contributed by atoms with Gasteiger partial charge in [0.05, 0.1) is 11.0 Å². The van der Waals surface area contributed by atoms with Gasteiger partial charge in [0.1, 0.15) is 4.33 Å². The Morgan fingerprint density at radius 2 is 2.00 bits per heavy atom. The van der Waals surface area contributed by atoms with Crippen molar-refractivity contribution in [3.05, 3.63) is 0 Å². The topological polar surface area (TPSA) is 49.3 Å². The van der Waals surface area contributed by atoms with Crippen molar-refractivity contribution in [2.75, 3.05) is 6.54 Å². The minimum absolute atomic E-state index is 0.0663. The lowest BCUT2D eigenvalue weighted by Gasteiger charge is -2.28. The Bertz CT molecular complexity index is 302. The Morgan fingerprint density at radius 3 is 2.31 bits per heavy atom. The lowest BCUT2D eigenvalue weighted by molar-refractivity contribution is -0.127. The molecule has 2 atom stereocenters. The summed E-state index contributed by atoms with van der Waals surface area (Å²) in [5.74, 6) is -0.130. The zero-order valence-corrected chi connectivity index (χ0v) is 11.6. The van der Waals surface area contributed by atoms with Crippen molar-refractivity contribution in [2.45, 2.75) is 44.1 Å². The van der Waals surface area contributed by atoms with Crippen LogP contribution in [0.25, 0.3) is 0 Å². The van der Waals surface area contributed by atoms with E-state index >= 15 is 0 Å². The Hall–Kier alpha value is 0.01000. The molecule has 1 rings (SSSR count). The predicted octanol–water partition coefficient (Wildman–Crippen LogP) is 2.09. The number of carbonyl (C=O) groups excluding carboxylic acids is 1. The number of alkyl halides is 2. The molecule has 0 aromatic rings. The van der Waals surface area contributed by atoms with E-state index in [0.29, 0.717) is 6.42 Å². The van der Waals surface area contributed by atoms with Gasteiger partial charge in [-0.2, -0.15) is 0 Å². The van der Waals surface area contributed by atoms with Crippen molar-refractivity contribution in [1.29, 1.82) is 0 Å². The number of aliphatic hydroxyl groups is 1. The molecule has 1 aliphatic rings. The third-order valence-electron chi connectivity index (χ3n) is 3.61. The summed E-state index contributed by atoms with van der Waals surface area (Å²) in [6.07, 6.45) is 0.457. The molecule has 0 heterocycles. The highest BCUT2D eigenvalue weighted by Crippen LogP contribution is 2.63. The summed E-state index contributed by atoms with van der Waals surface area (Å²) >= 11 is 11.8. The first-order chi connectivity index (χ1) is 7.03. The van der Waals surface area contributed by atoms with Gasteiger partial charge in [0.25, 0.3) is 0 Å². The van der Waals surface area contributed by atoms with E-state index in [1.807, 2.05) is 13.8 Å². The second-order valence-corrected chi connectivity index (χ2v) is 6.89. The molecule has 0 aromatic carbocycles. The molecule has 0 aliphatic heterocycles. The van der Waals surface area contributed by atoms with Gasteiger partial charge in [-0.05, 0) is 26.2 Å². The van der Waals surface area contributed by atoms with Crippen LogP contribution in [0.3, 0.4) is 0 Å². The van der Waals surface area contributed by atoms with Crippen molar-refractivity contribution in [3.8, 4) is 0 Å². The van der Waals surface area contributed by atoms with Crippen molar-refractivity contribution in [3.63, 3.8) is 0 Å². The first-order valence-corrected chi connectivity index (χ1v) is 6.17. The van der Waals surface area contributed by atoms with Crippen LogP contribution in [0, 0.1) is 11.3 Å². The standard InChI is InChI=1S/C11H19Cl2NO2/c1-7(2)10(4,16)6-14-8(15)9(3)5-11(9,12)13/h7,16H,5-6H2,1-4H3,(H,14,15). The first kappa shape index (κ1) is 14.1. The number of rotatable bonds is 4. The van der Waals surface area contributed by atoms with Gasteiger partial charge in [-0.15, -0.1) is 23.2 Å². The summed E-state index contributed by atoms with van der Waals surface area (Å²) in [6, 6.07) is 0. The molecule has 0 spiro atoms. The fourth-order valence-electron chi connectivity index (χ4n) is 1.30. The Morgan fingerprint density at radius 1 is 1.56 bits per heavy atom. The molecule has 0 bridgehead atoms. The third-order valence-corrected chi connectivity index (χ3v) is 4.71. The van der Waals surface area contributed by atoms with Crippen LogP contribution in [0.1, 0.15) is 34.1 Å². The second kappa shape index (κ2) is 4.04. The van der Waals surface area contributed by atoms with Gasteiger partial charge < -0.3 is 10.4 Å². The van der Waals surface area contributed by atoms with E-state index in [-0.39, 0.29) is 18.4 Å². The minimum Gasteiger partial charge on any atom is -0.388 e. The van der Waals surface area contributed by atoms with Crippen molar-refractivity contribution in [1.82, 2.24) is 5.32 Å². The number of hydrogen-bond acceptors (Lipinski definition) is 2. The quantitative estimate of drug-likeness (QED) is 0.767. The van der Waals surface area contributed by atoms with E-state index in [0.717, 1.165) is 0 Å². The van der Waals surface area contributed by atoms with Gasteiger partial charge in [0.2, 0.25) is 5.91 Å². The number of nitrogens with one attached hydrogen (secondary N) is 1. The van der Waals surface area contributed by atoms with Crippen LogP contribution in [0.2, 0.25) is 0 Å². The van der Waals surface area contributed by atoms with Crippen LogP contribution < -0.4 is 5.32 Å². The number of amides is 1. The molecule has 0 aromatic heterocycles. The zero-order chi connectivity index (χ0) is 12.8. The normalized spacial score (nSPS) is 31.0. The smallest absolute Gasteiger partial charge is 0.229 e. The summed E-state index contributed by atoms with van der Waals surface area (Å²) in [4.78, 5) is 11.8. The zero-order valence-electron chi connectivity index (χ0n) is 10.1. The van der Waals surface area contributed by atoms with Gasteiger partial charge in [-0.3, -0.25) is 4.79 Å². The molecule has 1 saturated carbocycles. The summed E-state index contributed by atoms with van der Waals surface area (Å²) in [5, 5.41) is 12.7. The molecular weight excluding hydrogens is 249 g/mol. The molecule has 2 unspecified atom stereocenters. The van der Waals surface area contributed by atoms with E-state index in [9.17, 15) is 9.90 Å². The van der Waals surface area contributed by atoms with Crippen molar-refractivity contribution < 1.29 is 9.90 Å². The highest BCUT2D eigenvalue weighted by molar-refractivity contribution is 6.53. The summed E-state index contributed by atoms with van der Waals surface area (Å²) in [5.41, 5.74) is -1.63. The fourth-order valence-corrected chi connectivity index (χ4v) is 2.01. The Kier molecular flexibility index (Phi) is 3.55. The molecule has 1 fully saturated rings. The largest absolute Gasteiger partial charge is 0.388 e. The SMILES string of the molecule is CC(C)C(C)(O)CNC(=O)C1(C)CC1(Cl)Cl. The average molecular weight is 268 g/mol. The highest BCUT2D eigenvalue weighted by atomic mass is 35.5. The lowest BCUT2D eigenvalue weighted by atomic mass is 9.92. The monoisotopic (exact) mass is 267 g/mol. The molecule has 2 N–H and O–H groups in total. The number of hydrogen-bond donors (Lipinski definition) is 2. The molecule has 16 heavy (non-hydrogen) atoms. The van der Waals surface area contributed by atoms with Gasteiger partial charge in [-0.25, -0.2) is 0 Å². The van der Waals surface area contributed by atoms with Crippen LogP contribution in [0.4, 0.5) is 0 Å². The van der Waals surface area contributed by atoms with Crippen LogP contribution in [0.15, 0.2) is 0 Å². The van der Waals surface area contributed by atoms with Crippen LogP contribution >= 0.6 is 23.2 Å². The van der Waals surface area contributed by atoms with Crippen LogP contribution in [-0.4, -0.2) is 27.5 Å². The summed E-state index contributed by atoms with van der Waals surface area (Å²) in [7, 11) is 0. The van der Waals surface area contributed by atoms with Crippen LogP contribution in [0.5, 0.6) is 0 Å². The maximum Gasteiger partial charge on any atom is 0.229 e. The molecular formula is C11H19Cl2NO2. The van der Waals surface area contributed by atoms with Gasteiger partial charge in [0, 0.05) is 6.54 Å². The highest BCUT2D eigenvalue weighted by Gasteiger charge is 2.67. The van der Waals surface area contributed by atoms with Crippen molar-refractivity contribution >= 4 is 29.1 Å². The molecule has 1 amide bonds. The van der Waals surface area contributed by atoms with E-state index in [4.69, 9.17) is 23.2 Å². The molecule has 3 nitrogen and oxygen atoms in total. The van der Waals surface area contributed by atoms with Crippen LogP contribution in [-0.2, 0) is 4.79 Å². The molecule has 0 saturated heterocycles. The molecule has 5 heteroatoms. The second-order valence-electron chi connectivity index (χ2n) is 5.41. The van der Waals surface area contributed by atoms with Crippen molar-refractivity contribution in [2.24, 2.45) is 11.3 Å². The van der Waals surface area contributed by atoms with Gasteiger partial charge in [0.15, 0.2) is 0 Å². The number of carbonyl (C=O) groups is 1. The van der Waals surface area contributed by atoms with Gasteiger partial charge in [-0.1, -0.05) is 13.8 Å². The minimum atomic E-state index is -0.958. The summed E-state index contributed by atoms with van der Waals surface area (Å²) < 4.78 is -0.958. The summed E-state index contributed by atoms with van der Waals surface area (Å²) in [6.45, 7) is 7.44. The van der Waals surface area contributed by atoms with E-state index in [2.05, 4.69) is 5.32 Å². The average Bonchev–Trinajstić information content (AvgIpc) is 2.63. The van der Waals surface area contributed by atoms with Gasteiger partial charge >= 0.3 is 0 Å². The molecule has 0 radical (unpaired) electrons. The maximum atomic E-state index is 11.8. The molecule has 94 valence electrons. The van der Waals surface area contributed by atoms with E-state index in [1.54, 1.807) is 13.8 Å².